The van der Waals surface area contributed by atoms with Crippen molar-refractivity contribution in [2.45, 2.75) is 38.6 Å². The SMILES string of the molecule is COc1ccc(CN2C(=O)[C@@H](N(Cc3ccccc3)C(=O)O)[C@@H]2Cn2nnnc2C)c(OC)c1. The van der Waals surface area contributed by atoms with Crippen LogP contribution in [0.2, 0.25) is 0 Å². The number of hydrogen-bond donors (Lipinski definition) is 1. The van der Waals surface area contributed by atoms with Crippen LogP contribution in [0.1, 0.15) is 17.0 Å². The Balaban J connectivity index is 1.64. The Kier molecular flexibility index (Phi) is 6.62. The number of benzene rings is 2. The molecule has 11 heteroatoms. The van der Waals surface area contributed by atoms with E-state index in [1.54, 1.807) is 42.9 Å². The second-order valence-electron chi connectivity index (χ2n) is 7.96. The highest BCUT2D eigenvalue weighted by Crippen LogP contribution is 2.33. The highest BCUT2D eigenvalue weighted by atomic mass is 16.5. The molecule has 1 aliphatic rings. The van der Waals surface area contributed by atoms with E-state index >= 15 is 0 Å². The van der Waals surface area contributed by atoms with E-state index in [1.807, 2.05) is 36.4 Å². The Hall–Kier alpha value is -4.15. The van der Waals surface area contributed by atoms with Crippen molar-refractivity contribution < 1.29 is 24.2 Å². The monoisotopic (exact) mass is 466 g/mol. The number of ether oxygens (including phenoxy) is 2. The van der Waals surface area contributed by atoms with Crippen LogP contribution >= 0.6 is 0 Å². The number of hydrogen-bond acceptors (Lipinski definition) is 7. The molecule has 0 saturated carbocycles. The molecule has 1 aliphatic heterocycles. The first-order chi connectivity index (χ1) is 16.4. The Labute approximate surface area is 196 Å². The van der Waals surface area contributed by atoms with E-state index in [0.717, 1.165) is 11.1 Å². The topological polar surface area (TPSA) is 123 Å². The Morgan fingerprint density at radius 3 is 2.53 bits per heavy atom. The van der Waals surface area contributed by atoms with E-state index < -0.39 is 18.2 Å². The number of tetrazole rings is 1. The lowest BCUT2D eigenvalue weighted by Gasteiger charge is -2.50. The Morgan fingerprint density at radius 2 is 1.91 bits per heavy atom. The van der Waals surface area contributed by atoms with Gasteiger partial charge in [0.1, 0.15) is 23.4 Å². The fraction of sp³-hybridized carbons (Fsp3) is 0.348. The molecule has 0 radical (unpaired) electrons. The number of amides is 2. The molecule has 3 aromatic rings. The molecule has 0 bridgehead atoms. The smallest absolute Gasteiger partial charge is 0.408 e. The predicted molar refractivity (Wildman–Crippen MR) is 120 cm³/mol. The molecule has 2 amide bonds. The van der Waals surface area contributed by atoms with Crippen molar-refractivity contribution in [3.63, 3.8) is 0 Å². The van der Waals surface area contributed by atoms with Crippen LogP contribution in [-0.2, 0) is 24.4 Å². The minimum absolute atomic E-state index is 0.0946. The maximum absolute atomic E-state index is 13.3. The van der Waals surface area contributed by atoms with Gasteiger partial charge in [-0.15, -0.1) is 5.10 Å². The molecule has 1 saturated heterocycles. The first-order valence-electron chi connectivity index (χ1n) is 10.7. The summed E-state index contributed by atoms with van der Waals surface area (Å²) >= 11 is 0. The van der Waals surface area contributed by atoms with Crippen molar-refractivity contribution >= 4 is 12.0 Å². The van der Waals surface area contributed by atoms with Crippen LogP contribution in [0.5, 0.6) is 11.5 Å². The molecule has 0 aliphatic carbocycles. The number of likely N-dealkylation sites (tertiary alicyclic amines) is 1. The van der Waals surface area contributed by atoms with Gasteiger partial charge in [-0.2, -0.15) is 0 Å². The lowest BCUT2D eigenvalue weighted by atomic mass is 9.91. The molecule has 1 aromatic heterocycles. The van der Waals surface area contributed by atoms with E-state index in [2.05, 4.69) is 15.5 Å². The van der Waals surface area contributed by atoms with Crippen LogP contribution in [0.4, 0.5) is 4.79 Å². The summed E-state index contributed by atoms with van der Waals surface area (Å²) in [5, 5.41) is 21.6. The zero-order valence-electron chi connectivity index (χ0n) is 19.2. The zero-order chi connectivity index (χ0) is 24.2. The molecule has 11 nitrogen and oxygen atoms in total. The van der Waals surface area contributed by atoms with Gasteiger partial charge in [-0.05, 0) is 35.0 Å². The van der Waals surface area contributed by atoms with E-state index in [4.69, 9.17) is 9.47 Å². The second kappa shape index (κ2) is 9.77. The van der Waals surface area contributed by atoms with Crippen LogP contribution in [-0.4, -0.2) is 73.4 Å². The first kappa shape index (κ1) is 23.0. The largest absolute Gasteiger partial charge is 0.497 e. The summed E-state index contributed by atoms with van der Waals surface area (Å²) in [6.45, 7) is 2.35. The van der Waals surface area contributed by atoms with Crippen molar-refractivity contribution in [3.05, 3.63) is 65.5 Å². The highest BCUT2D eigenvalue weighted by Gasteiger charge is 2.52. The third-order valence-corrected chi connectivity index (χ3v) is 5.98. The minimum atomic E-state index is -1.16. The lowest BCUT2D eigenvalue weighted by Crippen LogP contribution is -2.71. The van der Waals surface area contributed by atoms with Crippen LogP contribution in [0.3, 0.4) is 0 Å². The van der Waals surface area contributed by atoms with Gasteiger partial charge in [-0.3, -0.25) is 9.69 Å². The van der Waals surface area contributed by atoms with Crippen molar-refractivity contribution in [3.8, 4) is 11.5 Å². The maximum atomic E-state index is 13.3. The van der Waals surface area contributed by atoms with Crippen molar-refractivity contribution in [1.82, 2.24) is 30.0 Å². The third kappa shape index (κ3) is 4.49. The number of nitrogens with zero attached hydrogens (tertiary/aromatic N) is 6. The normalized spacial score (nSPS) is 17.3. The molecule has 1 fully saturated rings. The summed E-state index contributed by atoms with van der Waals surface area (Å²) in [5.74, 6) is 1.50. The summed E-state index contributed by atoms with van der Waals surface area (Å²) in [5.41, 5.74) is 1.57. The third-order valence-electron chi connectivity index (χ3n) is 5.98. The average molecular weight is 466 g/mol. The summed E-state index contributed by atoms with van der Waals surface area (Å²) in [6.07, 6.45) is -1.16. The number of carboxylic acid groups (broad SMARTS) is 1. The summed E-state index contributed by atoms with van der Waals surface area (Å²) in [4.78, 5) is 28.4. The molecule has 2 atom stereocenters. The number of methoxy groups -OCH3 is 2. The van der Waals surface area contributed by atoms with Crippen molar-refractivity contribution in [2.24, 2.45) is 0 Å². The Bertz CT molecular complexity index is 1170. The average Bonchev–Trinajstić information content (AvgIpc) is 3.26. The minimum Gasteiger partial charge on any atom is -0.497 e. The second-order valence-corrected chi connectivity index (χ2v) is 7.96. The van der Waals surface area contributed by atoms with Crippen LogP contribution in [0.15, 0.2) is 48.5 Å². The van der Waals surface area contributed by atoms with Gasteiger partial charge in [0.15, 0.2) is 0 Å². The van der Waals surface area contributed by atoms with Gasteiger partial charge in [0, 0.05) is 24.7 Å². The van der Waals surface area contributed by atoms with Crippen LogP contribution < -0.4 is 9.47 Å². The maximum Gasteiger partial charge on any atom is 0.408 e. The Morgan fingerprint density at radius 1 is 1.15 bits per heavy atom. The fourth-order valence-electron chi connectivity index (χ4n) is 4.15. The molecule has 0 spiro atoms. The van der Waals surface area contributed by atoms with Crippen molar-refractivity contribution in [1.29, 1.82) is 0 Å². The molecule has 2 aromatic carbocycles. The molecule has 34 heavy (non-hydrogen) atoms. The van der Waals surface area contributed by atoms with Gasteiger partial charge in [0.05, 0.1) is 26.8 Å². The predicted octanol–water partition coefficient (Wildman–Crippen LogP) is 1.96. The number of carbonyl (C=O) groups excluding carboxylic acids is 1. The molecule has 0 unspecified atom stereocenters. The van der Waals surface area contributed by atoms with Gasteiger partial charge in [-0.1, -0.05) is 30.3 Å². The molecule has 1 N–H and O–H groups in total. The lowest BCUT2D eigenvalue weighted by molar-refractivity contribution is -0.160. The van der Waals surface area contributed by atoms with Gasteiger partial charge in [-0.25, -0.2) is 9.48 Å². The standard InChI is InChI=1S/C23H26N6O5/c1-15-24-25-26-29(15)14-19-21(28(23(31)32)12-16-7-5-4-6-8-16)22(30)27(19)13-17-9-10-18(33-2)11-20(17)34-3/h4-11,19,21H,12-14H2,1-3H3,(H,31,32)/t19-,21-/m0/s1. The van der Waals surface area contributed by atoms with Gasteiger partial charge in [0.25, 0.3) is 0 Å². The molecule has 178 valence electrons. The van der Waals surface area contributed by atoms with E-state index in [9.17, 15) is 14.7 Å². The molecular formula is C23H26N6O5. The van der Waals surface area contributed by atoms with E-state index in [0.29, 0.717) is 17.3 Å². The first-order valence-corrected chi connectivity index (χ1v) is 10.7. The molecular weight excluding hydrogens is 440 g/mol. The molecule has 2 heterocycles. The van der Waals surface area contributed by atoms with Crippen LogP contribution in [0.25, 0.3) is 0 Å². The highest BCUT2D eigenvalue weighted by molar-refractivity contribution is 5.92. The van der Waals surface area contributed by atoms with Gasteiger partial charge < -0.3 is 19.5 Å². The van der Waals surface area contributed by atoms with Gasteiger partial charge in [0.2, 0.25) is 5.91 Å². The number of carbonyl (C=O) groups is 2. The fourth-order valence-corrected chi connectivity index (χ4v) is 4.15. The number of aromatic nitrogens is 4. The summed E-state index contributed by atoms with van der Waals surface area (Å²) < 4.78 is 12.3. The summed E-state index contributed by atoms with van der Waals surface area (Å²) in [7, 11) is 3.11. The van der Waals surface area contributed by atoms with E-state index in [1.165, 1.54) is 4.90 Å². The van der Waals surface area contributed by atoms with Crippen molar-refractivity contribution in [2.75, 3.05) is 14.2 Å². The number of rotatable bonds is 9. The number of β-lactam (4-membered cyclic amide) rings is 1. The quantitative estimate of drug-likeness (QED) is 0.475. The van der Waals surface area contributed by atoms with Crippen LogP contribution in [0, 0.1) is 6.92 Å². The van der Waals surface area contributed by atoms with Gasteiger partial charge >= 0.3 is 6.09 Å². The molecule has 4 rings (SSSR count). The van der Waals surface area contributed by atoms with E-state index in [-0.39, 0.29) is 25.5 Å². The number of aryl methyl sites for hydroxylation is 1. The summed E-state index contributed by atoms with van der Waals surface area (Å²) in [6, 6.07) is 13.2. The zero-order valence-corrected chi connectivity index (χ0v) is 19.2.